The zero-order valence-electron chi connectivity index (χ0n) is 25.5. The molecule has 1 aromatic carbocycles. The fraction of sp³-hybridized carbons (Fsp3) is 0.714. The Morgan fingerprint density at radius 3 is 2.16 bits per heavy atom. The van der Waals surface area contributed by atoms with Gasteiger partial charge in [-0.15, -0.1) is 13.2 Å². The van der Waals surface area contributed by atoms with Crippen molar-refractivity contribution in [2.24, 2.45) is 0 Å². The lowest BCUT2D eigenvalue weighted by Crippen LogP contribution is -2.42. The van der Waals surface area contributed by atoms with Gasteiger partial charge in [-0.25, -0.2) is 4.79 Å². The van der Waals surface area contributed by atoms with Gasteiger partial charge in [-0.3, -0.25) is 9.53 Å². The number of hydrogen-bond acceptors (Lipinski definition) is 8. The molecule has 1 aliphatic rings. The quantitative estimate of drug-likeness (QED) is 0.176. The number of amides is 2. The van der Waals surface area contributed by atoms with Crippen LogP contribution in [0.2, 0.25) is 18.1 Å². The minimum Gasteiger partial charge on any atom is -0.491 e. The van der Waals surface area contributed by atoms with E-state index in [1.54, 1.807) is 29.2 Å². The number of benzene rings is 1. The third kappa shape index (κ3) is 13.8. The van der Waals surface area contributed by atoms with Gasteiger partial charge in [-0.05, 0) is 42.2 Å². The van der Waals surface area contributed by atoms with Gasteiger partial charge in [0.15, 0.2) is 8.32 Å². The Bertz CT molecular complexity index is 991. The molecule has 0 aliphatic carbocycles. The molecule has 0 spiro atoms. The Kier molecular flexibility index (Phi) is 14.7. The Morgan fingerprint density at radius 2 is 1.58 bits per heavy atom. The number of nitrogens with one attached hydrogen (secondary N) is 1. The highest BCUT2D eigenvalue weighted by molar-refractivity contribution is 6.74. The molecule has 2 amide bonds. The van der Waals surface area contributed by atoms with Crippen molar-refractivity contribution in [3.05, 3.63) is 29.8 Å². The first kappa shape index (κ1) is 36.8. The van der Waals surface area contributed by atoms with Crippen LogP contribution in [0.4, 0.5) is 18.0 Å². The van der Waals surface area contributed by atoms with E-state index in [0.717, 1.165) is 0 Å². The number of carbonyl (C=O) groups excluding carboxylic acids is 1. The van der Waals surface area contributed by atoms with E-state index in [1.807, 2.05) is 0 Å². The highest BCUT2D eigenvalue weighted by Crippen LogP contribution is 2.36. The molecule has 1 heterocycles. The maximum atomic E-state index is 13.3. The summed E-state index contributed by atoms with van der Waals surface area (Å²) in [5.74, 6) is 0.204. The third-order valence-electron chi connectivity index (χ3n) is 7.25. The molecule has 2 N–H and O–H groups in total. The van der Waals surface area contributed by atoms with E-state index < -0.39 is 33.4 Å². The van der Waals surface area contributed by atoms with Gasteiger partial charge in [0.05, 0.1) is 52.4 Å². The van der Waals surface area contributed by atoms with Crippen LogP contribution in [0, 0.1) is 0 Å². The molecule has 43 heavy (non-hydrogen) atoms. The molecular formula is C28H45F3N2O9Si. The maximum absolute atomic E-state index is 13.3. The summed E-state index contributed by atoms with van der Waals surface area (Å²) < 4.78 is 67.2. The zero-order valence-corrected chi connectivity index (χ0v) is 26.5. The summed E-state index contributed by atoms with van der Waals surface area (Å²) in [6.07, 6.45) is -5.65. The number of likely N-dealkylation sites (tertiary alicyclic amines) is 1. The van der Waals surface area contributed by atoms with Crippen LogP contribution in [0.3, 0.4) is 0 Å². The molecule has 1 aromatic rings. The first-order chi connectivity index (χ1) is 20.1. The molecule has 2 rings (SSSR count). The number of carbonyl (C=O) groups is 2. The van der Waals surface area contributed by atoms with Crippen molar-refractivity contribution >= 4 is 20.3 Å². The Balaban J connectivity index is 1.74. The first-order valence-corrected chi connectivity index (χ1v) is 17.1. The van der Waals surface area contributed by atoms with Crippen LogP contribution in [0.25, 0.3) is 0 Å². The molecule has 1 unspecified atom stereocenters. The van der Waals surface area contributed by atoms with Gasteiger partial charge < -0.3 is 38.7 Å². The predicted octanol–water partition coefficient (Wildman–Crippen LogP) is 4.58. The average molecular weight is 639 g/mol. The first-order valence-electron chi connectivity index (χ1n) is 14.2. The molecule has 246 valence electrons. The lowest BCUT2D eigenvalue weighted by atomic mass is 10.1. The summed E-state index contributed by atoms with van der Waals surface area (Å²) in [7, 11) is -1.87. The van der Waals surface area contributed by atoms with Gasteiger partial charge in [0.25, 0.3) is 0 Å². The zero-order chi connectivity index (χ0) is 32.1. The van der Waals surface area contributed by atoms with Crippen LogP contribution in [-0.2, 0) is 28.2 Å². The topological polar surface area (TPSA) is 125 Å². The summed E-state index contributed by atoms with van der Waals surface area (Å²) in [5, 5.41) is 11.8. The van der Waals surface area contributed by atoms with Crippen LogP contribution >= 0.6 is 0 Å². The normalized spacial score (nSPS) is 16.7. The number of rotatable bonds is 18. The van der Waals surface area contributed by atoms with Crippen molar-refractivity contribution in [1.29, 1.82) is 0 Å². The molecule has 0 saturated carbocycles. The van der Waals surface area contributed by atoms with Crippen molar-refractivity contribution < 1.29 is 56.0 Å². The molecule has 1 saturated heterocycles. The van der Waals surface area contributed by atoms with Crippen LogP contribution in [0.5, 0.6) is 5.75 Å². The van der Waals surface area contributed by atoms with E-state index in [2.05, 4.69) is 43.9 Å². The fourth-order valence-electron chi connectivity index (χ4n) is 3.90. The third-order valence-corrected chi connectivity index (χ3v) is 11.8. The highest BCUT2D eigenvalue weighted by atomic mass is 28.4. The molecule has 0 bridgehead atoms. The number of hydrogen-bond donors (Lipinski definition) is 2. The van der Waals surface area contributed by atoms with Crippen molar-refractivity contribution in [3.63, 3.8) is 0 Å². The molecule has 0 radical (unpaired) electrons. The van der Waals surface area contributed by atoms with E-state index in [0.29, 0.717) is 44.0 Å². The van der Waals surface area contributed by atoms with Crippen LogP contribution in [0.15, 0.2) is 24.3 Å². The number of ether oxygens (including phenoxy) is 5. The van der Waals surface area contributed by atoms with Crippen molar-refractivity contribution in [2.75, 3.05) is 65.9 Å². The van der Waals surface area contributed by atoms with Gasteiger partial charge >= 0.3 is 12.5 Å². The summed E-state index contributed by atoms with van der Waals surface area (Å²) in [4.78, 5) is 26.3. The standard InChI is InChI=1S/C28H45F3N2O9Si/c1-27(2,3)43(4,5)42-19-17-39-22-8-6-21(7-9-22)24(32-26(35)36)25(34)33-11-10-23(20-33)40-16-14-37-12-13-38-15-18-41-28(29,30)31/h6-9,23-24,32H,10-20H2,1-5H3,(H,35,36)/t23-,24?/m0/s1. The number of nitrogens with zero attached hydrogens (tertiary/aromatic N) is 1. The van der Waals surface area contributed by atoms with Gasteiger partial charge in [-0.2, -0.15) is 0 Å². The van der Waals surface area contributed by atoms with Gasteiger partial charge in [-0.1, -0.05) is 32.9 Å². The SMILES string of the molecule is CC(C)(C)[Si](C)(C)OCCOc1ccc(C(NC(=O)O)C(=O)N2CC[C@H](OCCOCCOCCOC(F)(F)F)C2)cc1. The average Bonchev–Trinajstić information content (AvgIpc) is 3.38. The number of carboxylic acid groups (broad SMARTS) is 1. The second kappa shape index (κ2) is 17.2. The molecule has 11 nitrogen and oxygen atoms in total. The van der Waals surface area contributed by atoms with Gasteiger partial charge in [0, 0.05) is 13.1 Å². The molecule has 1 aliphatic heterocycles. The summed E-state index contributed by atoms with van der Waals surface area (Å²) in [6.45, 7) is 12.4. The van der Waals surface area contributed by atoms with Crippen LogP contribution in [0.1, 0.15) is 38.8 Å². The largest absolute Gasteiger partial charge is 0.522 e. The Morgan fingerprint density at radius 1 is 0.977 bits per heavy atom. The number of alkyl halides is 3. The molecule has 0 aromatic heterocycles. The van der Waals surface area contributed by atoms with Crippen LogP contribution in [-0.4, -0.2) is 109 Å². The van der Waals surface area contributed by atoms with E-state index in [-0.39, 0.29) is 50.1 Å². The van der Waals surface area contributed by atoms with Gasteiger partial charge in [0.2, 0.25) is 5.91 Å². The Hall–Kier alpha value is -2.43. The summed E-state index contributed by atoms with van der Waals surface area (Å²) in [6, 6.07) is 5.64. The second-order valence-electron chi connectivity index (χ2n) is 11.5. The lowest BCUT2D eigenvalue weighted by Gasteiger charge is -2.36. The van der Waals surface area contributed by atoms with Crippen molar-refractivity contribution in [3.8, 4) is 5.75 Å². The summed E-state index contributed by atoms with van der Waals surface area (Å²) >= 11 is 0. The summed E-state index contributed by atoms with van der Waals surface area (Å²) in [5.41, 5.74) is 0.488. The monoisotopic (exact) mass is 638 g/mol. The van der Waals surface area contributed by atoms with Gasteiger partial charge in [0.1, 0.15) is 18.4 Å². The van der Waals surface area contributed by atoms with Crippen LogP contribution < -0.4 is 10.1 Å². The van der Waals surface area contributed by atoms with Crippen molar-refractivity contribution in [2.45, 2.75) is 63.8 Å². The van der Waals surface area contributed by atoms with Crippen molar-refractivity contribution in [1.82, 2.24) is 10.2 Å². The molecule has 2 atom stereocenters. The lowest BCUT2D eigenvalue weighted by molar-refractivity contribution is -0.327. The minimum atomic E-state index is -4.67. The van der Waals surface area contributed by atoms with E-state index in [1.165, 1.54) is 0 Å². The van der Waals surface area contributed by atoms with E-state index in [4.69, 9.17) is 23.4 Å². The Labute approximate surface area is 252 Å². The maximum Gasteiger partial charge on any atom is 0.522 e. The fourth-order valence-corrected chi connectivity index (χ4v) is 4.93. The van der Waals surface area contributed by atoms with E-state index in [9.17, 15) is 27.9 Å². The number of halogens is 3. The predicted molar refractivity (Wildman–Crippen MR) is 154 cm³/mol. The second-order valence-corrected chi connectivity index (χ2v) is 16.3. The molecular weight excluding hydrogens is 593 g/mol. The van der Waals surface area contributed by atoms with E-state index >= 15 is 0 Å². The smallest absolute Gasteiger partial charge is 0.491 e. The molecule has 15 heteroatoms. The molecule has 1 fully saturated rings. The highest BCUT2D eigenvalue weighted by Gasteiger charge is 2.37. The minimum absolute atomic E-state index is 0.101.